The number of carbonyl (C=O) groups excluding carboxylic acids is 1. The van der Waals surface area contributed by atoms with Gasteiger partial charge in [0, 0.05) is 0 Å². The molecule has 0 bridgehead atoms. The van der Waals surface area contributed by atoms with Gasteiger partial charge in [-0.05, 0) is 18.4 Å². The van der Waals surface area contributed by atoms with E-state index < -0.39 is 12.0 Å². The van der Waals surface area contributed by atoms with Gasteiger partial charge in [-0.15, -0.1) is 11.3 Å². The topological polar surface area (TPSA) is 98.7 Å². The average Bonchev–Trinajstić information content (AvgIpc) is 2.65. The normalized spacial score (nSPS) is 11.9. The first kappa shape index (κ1) is 12.5. The number of rotatable bonds is 4. The minimum Gasteiger partial charge on any atom is -0.478 e. The molecule has 2 amide bonds. The Morgan fingerprint density at radius 2 is 2.25 bits per heavy atom. The molecule has 7 heteroatoms. The van der Waals surface area contributed by atoms with Gasteiger partial charge in [-0.2, -0.15) is 0 Å². The SMILES string of the molecule is CC(CO)NC(=O)Nc1sccc1C(=O)O. The second-order valence-electron chi connectivity index (χ2n) is 3.15. The number of aliphatic hydroxyl groups is 1. The fourth-order valence-electron chi connectivity index (χ4n) is 0.983. The summed E-state index contributed by atoms with van der Waals surface area (Å²) in [5, 5.41) is 24.2. The van der Waals surface area contributed by atoms with E-state index in [0.717, 1.165) is 11.3 Å². The molecule has 6 nitrogen and oxygen atoms in total. The molecule has 1 aromatic rings. The summed E-state index contributed by atoms with van der Waals surface area (Å²) in [6.45, 7) is 1.45. The molecule has 0 fully saturated rings. The Bertz CT molecular complexity index is 391. The van der Waals surface area contributed by atoms with Crippen LogP contribution in [0.1, 0.15) is 17.3 Å². The first-order valence-electron chi connectivity index (χ1n) is 4.53. The number of urea groups is 1. The highest BCUT2D eigenvalue weighted by atomic mass is 32.1. The van der Waals surface area contributed by atoms with E-state index in [4.69, 9.17) is 10.2 Å². The third-order valence-electron chi connectivity index (χ3n) is 1.77. The maximum Gasteiger partial charge on any atom is 0.338 e. The molecule has 0 aliphatic carbocycles. The second kappa shape index (κ2) is 5.47. The van der Waals surface area contributed by atoms with Crippen molar-refractivity contribution in [3.8, 4) is 0 Å². The molecule has 0 radical (unpaired) electrons. The zero-order chi connectivity index (χ0) is 12.1. The molecule has 0 aromatic carbocycles. The standard InChI is InChI=1S/C9H12N2O4S/c1-5(4-12)10-9(15)11-7-6(8(13)14)2-3-16-7/h2-3,5,12H,4H2,1H3,(H,13,14)(H2,10,11,15). The highest BCUT2D eigenvalue weighted by Crippen LogP contribution is 2.22. The lowest BCUT2D eigenvalue weighted by molar-refractivity contribution is 0.0698. The van der Waals surface area contributed by atoms with Crippen LogP contribution in [0.5, 0.6) is 0 Å². The predicted molar refractivity (Wildman–Crippen MR) is 60.0 cm³/mol. The third-order valence-corrected chi connectivity index (χ3v) is 2.60. The lowest BCUT2D eigenvalue weighted by Crippen LogP contribution is -2.38. The number of carbonyl (C=O) groups is 2. The van der Waals surface area contributed by atoms with Crippen LogP contribution in [0, 0.1) is 0 Å². The predicted octanol–water partition coefficient (Wildman–Crippen LogP) is 0.949. The van der Waals surface area contributed by atoms with Crippen LogP contribution in [0.2, 0.25) is 0 Å². The van der Waals surface area contributed by atoms with Gasteiger partial charge in [0.2, 0.25) is 0 Å². The van der Waals surface area contributed by atoms with Crippen molar-refractivity contribution in [3.63, 3.8) is 0 Å². The van der Waals surface area contributed by atoms with Gasteiger partial charge in [-0.1, -0.05) is 0 Å². The summed E-state index contributed by atoms with van der Waals surface area (Å²) < 4.78 is 0. The fourth-order valence-corrected chi connectivity index (χ4v) is 1.76. The fraction of sp³-hybridized carbons (Fsp3) is 0.333. The molecule has 1 rings (SSSR count). The number of hydrogen-bond donors (Lipinski definition) is 4. The largest absolute Gasteiger partial charge is 0.478 e. The molecule has 0 spiro atoms. The van der Waals surface area contributed by atoms with E-state index in [1.165, 1.54) is 6.07 Å². The smallest absolute Gasteiger partial charge is 0.338 e. The number of carboxylic acid groups (broad SMARTS) is 1. The zero-order valence-electron chi connectivity index (χ0n) is 8.56. The van der Waals surface area contributed by atoms with Crippen LogP contribution in [0.4, 0.5) is 9.80 Å². The summed E-state index contributed by atoms with van der Waals surface area (Å²) in [6, 6.07) is 0.498. The van der Waals surface area contributed by atoms with Gasteiger partial charge < -0.3 is 15.5 Å². The van der Waals surface area contributed by atoms with Gasteiger partial charge in [0.25, 0.3) is 0 Å². The van der Waals surface area contributed by atoms with E-state index in [1.54, 1.807) is 12.3 Å². The Labute approximate surface area is 95.9 Å². The van der Waals surface area contributed by atoms with Gasteiger partial charge in [-0.3, -0.25) is 5.32 Å². The van der Waals surface area contributed by atoms with Crippen LogP contribution in [-0.2, 0) is 0 Å². The number of hydrogen-bond acceptors (Lipinski definition) is 4. The maximum atomic E-state index is 11.3. The van der Waals surface area contributed by atoms with Crippen molar-refractivity contribution in [3.05, 3.63) is 17.0 Å². The first-order valence-corrected chi connectivity index (χ1v) is 5.41. The average molecular weight is 244 g/mol. The van der Waals surface area contributed by atoms with Crippen LogP contribution in [0.3, 0.4) is 0 Å². The van der Waals surface area contributed by atoms with E-state index >= 15 is 0 Å². The third kappa shape index (κ3) is 3.21. The summed E-state index contributed by atoms with van der Waals surface area (Å²) in [4.78, 5) is 22.1. The van der Waals surface area contributed by atoms with Gasteiger partial charge in [0.05, 0.1) is 18.2 Å². The highest BCUT2D eigenvalue weighted by Gasteiger charge is 2.14. The highest BCUT2D eigenvalue weighted by molar-refractivity contribution is 7.14. The van der Waals surface area contributed by atoms with Crippen LogP contribution in [-0.4, -0.2) is 34.9 Å². The second-order valence-corrected chi connectivity index (χ2v) is 4.07. The van der Waals surface area contributed by atoms with Crippen molar-refractivity contribution in [2.75, 3.05) is 11.9 Å². The summed E-state index contributed by atoms with van der Waals surface area (Å²) in [5.74, 6) is -1.09. The van der Waals surface area contributed by atoms with Crippen LogP contribution < -0.4 is 10.6 Å². The van der Waals surface area contributed by atoms with Gasteiger partial charge >= 0.3 is 12.0 Å². The Hall–Kier alpha value is -1.60. The van der Waals surface area contributed by atoms with E-state index in [1.807, 2.05) is 0 Å². The number of anilines is 1. The molecule has 1 atom stereocenters. The molecular weight excluding hydrogens is 232 g/mol. The minimum atomic E-state index is -1.09. The van der Waals surface area contributed by atoms with E-state index in [-0.39, 0.29) is 23.2 Å². The summed E-state index contributed by atoms with van der Waals surface area (Å²) in [6.07, 6.45) is 0. The van der Waals surface area contributed by atoms with E-state index in [0.29, 0.717) is 0 Å². The molecule has 16 heavy (non-hydrogen) atoms. The molecule has 4 N–H and O–H groups in total. The van der Waals surface area contributed by atoms with Crippen LogP contribution in [0.25, 0.3) is 0 Å². The molecule has 0 aliphatic heterocycles. The Morgan fingerprint density at radius 3 is 2.81 bits per heavy atom. The number of aliphatic hydroxyl groups excluding tert-OH is 1. The number of aromatic carboxylic acids is 1. The van der Waals surface area contributed by atoms with Crippen molar-refractivity contribution in [1.82, 2.24) is 5.32 Å². The van der Waals surface area contributed by atoms with Crippen molar-refractivity contribution < 1.29 is 19.8 Å². The quantitative estimate of drug-likeness (QED) is 0.633. The van der Waals surface area contributed by atoms with Crippen molar-refractivity contribution >= 4 is 28.3 Å². The Kier molecular flexibility index (Phi) is 4.27. The molecule has 88 valence electrons. The number of carboxylic acids is 1. The molecule has 1 aromatic heterocycles. The summed E-state index contributed by atoms with van der Waals surface area (Å²) >= 11 is 1.13. The Morgan fingerprint density at radius 1 is 1.56 bits per heavy atom. The van der Waals surface area contributed by atoms with Gasteiger partial charge in [0.15, 0.2) is 0 Å². The minimum absolute atomic E-state index is 0.0526. The number of nitrogens with one attached hydrogen (secondary N) is 2. The summed E-state index contributed by atoms with van der Waals surface area (Å²) in [7, 11) is 0. The van der Waals surface area contributed by atoms with Crippen LogP contribution >= 0.6 is 11.3 Å². The van der Waals surface area contributed by atoms with Gasteiger partial charge in [-0.25, -0.2) is 9.59 Å². The molecule has 0 aliphatic rings. The first-order chi connectivity index (χ1) is 7.54. The van der Waals surface area contributed by atoms with Gasteiger partial charge in [0.1, 0.15) is 5.00 Å². The van der Waals surface area contributed by atoms with E-state index in [2.05, 4.69) is 10.6 Å². The number of amides is 2. The monoisotopic (exact) mass is 244 g/mol. The molecule has 0 saturated carbocycles. The van der Waals surface area contributed by atoms with Crippen molar-refractivity contribution in [2.45, 2.75) is 13.0 Å². The summed E-state index contributed by atoms with van der Waals surface area (Å²) in [5.41, 5.74) is 0.0526. The number of thiophene rings is 1. The molecule has 1 heterocycles. The van der Waals surface area contributed by atoms with E-state index in [9.17, 15) is 9.59 Å². The molecule has 0 saturated heterocycles. The van der Waals surface area contributed by atoms with Crippen LogP contribution in [0.15, 0.2) is 11.4 Å². The lowest BCUT2D eigenvalue weighted by atomic mass is 10.3. The molecule has 1 unspecified atom stereocenters. The Balaban J connectivity index is 2.63. The van der Waals surface area contributed by atoms with Crippen molar-refractivity contribution in [1.29, 1.82) is 0 Å². The molecular formula is C9H12N2O4S. The van der Waals surface area contributed by atoms with Crippen molar-refractivity contribution in [2.24, 2.45) is 0 Å². The lowest BCUT2D eigenvalue weighted by Gasteiger charge is -2.11. The maximum absolute atomic E-state index is 11.3. The zero-order valence-corrected chi connectivity index (χ0v) is 9.37.